The second-order valence-electron chi connectivity index (χ2n) is 14.8. The van der Waals surface area contributed by atoms with Crippen LogP contribution < -0.4 is 5.32 Å². The van der Waals surface area contributed by atoms with E-state index in [-0.39, 0.29) is 12.2 Å². The highest BCUT2D eigenvalue weighted by atomic mass is 16.6. The summed E-state index contributed by atoms with van der Waals surface area (Å²) in [5.74, 6) is -4.70. The average molecular weight is 752 g/mol. The monoisotopic (exact) mass is 751 g/mol. The van der Waals surface area contributed by atoms with Gasteiger partial charge < -0.3 is 30.1 Å². The van der Waals surface area contributed by atoms with Gasteiger partial charge in [0.1, 0.15) is 23.2 Å². The second-order valence-corrected chi connectivity index (χ2v) is 14.8. The van der Waals surface area contributed by atoms with Crippen molar-refractivity contribution in [2.24, 2.45) is 5.92 Å². The molecule has 0 saturated heterocycles. The summed E-state index contributed by atoms with van der Waals surface area (Å²) < 4.78 is 10.8. The maximum Gasteiger partial charge on any atom is 0.339 e. The maximum atomic E-state index is 14.1. The van der Waals surface area contributed by atoms with Gasteiger partial charge in [-0.1, -0.05) is 100 Å². The number of Topliss-reactive ketones (excluding diaryl/α,β-unsaturated/α-hetero) is 2. The molecule has 0 aromatic heterocycles. The fourth-order valence-corrected chi connectivity index (χ4v) is 5.87. The van der Waals surface area contributed by atoms with Crippen LogP contribution in [0.4, 0.5) is 0 Å². The molecule has 2 aromatic carbocycles. The van der Waals surface area contributed by atoms with E-state index in [9.17, 15) is 39.3 Å². The number of phenols is 1. The van der Waals surface area contributed by atoms with Crippen molar-refractivity contribution in [2.45, 2.75) is 135 Å². The molecule has 54 heavy (non-hydrogen) atoms. The van der Waals surface area contributed by atoms with E-state index < -0.39 is 66.4 Å². The third-order valence-corrected chi connectivity index (χ3v) is 8.92. The van der Waals surface area contributed by atoms with E-state index in [1.165, 1.54) is 37.5 Å². The predicted molar refractivity (Wildman–Crippen MR) is 207 cm³/mol. The minimum absolute atomic E-state index is 0.00588. The lowest BCUT2D eigenvalue weighted by Crippen LogP contribution is -2.56. The number of ketones is 2. The van der Waals surface area contributed by atoms with Crippen molar-refractivity contribution < 1.29 is 48.8 Å². The molecule has 0 unspecified atom stereocenters. The lowest BCUT2D eigenvalue weighted by molar-refractivity contribution is -0.185. The number of amides is 1. The van der Waals surface area contributed by atoms with Gasteiger partial charge >= 0.3 is 11.9 Å². The SMILES string of the molecule is CCCCCCCC(=O)CCCCCC/C=C/[C@H](C(=O)N[C@@H](Cc1ccc(O)cc1)C(=O)OCC(=O)c1ccccc1)[C@@](O)(CCO)C(=O)OC(C)(C)C. The highest BCUT2D eigenvalue weighted by molar-refractivity contribution is 5.98. The number of ether oxygens (including phenoxy) is 2. The highest BCUT2D eigenvalue weighted by Gasteiger charge is 2.49. The largest absolute Gasteiger partial charge is 0.508 e. The molecule has 4 N–H and O–H groups in total. The first kappa shape index (κ1) is 45.8. The van der Waals surface area contributed by atoms with Gasteiger partial charge in [-0.15, -0.1) is 0 Å². The molecular weight excluding hydrogens is 690 g/mol. The number of carbonyl (C=O) groups excluding carboxylic acids is 5. The molecule has 11 nitrogen and oxygen atoms in total. The summed E-state index contributed by atoms with van der Waals surface area (Å²) in [5, 5.41) is 34.1. The van der Waals surface area contributed by atoms with Crippen molar-refractivity contribution in [2.75, 3.05) is 13.2 Å². The first-order valence-corrected chi connectivity index (χ1v) is 19.3. The number of carbonyl (C=O) groups is 5. The summed E-state index contributed by atoms with van der Waals surface area (Å²) in [4.78, 5) is 65.9. The zero-order chi connectivity index (χ0) is 40.0. The van der Waals surface area contributed by atoms with Gasteiger partial charge in [0.2, 0.25) is 5.91 Å². The molecule has 0 spiro atoms. The standard InChI is InChI=1S/C43H61NO10/c1-5-6-7-10-16-21-34(46)22-17-11-8-9-12-18-23-36(43(52,28-29-45)41(51)54-42(2,3)4)39(49)44-37(30-32-24-26-35(47)27-25-32)40(50)53-31-38(48)33-19-14-13-15-20-33/h13-15,18-20,23-27,36-37,45,47,52H,5-12,16-17,21-22,28-31H2,1-4H3,(H,44,49)/b23-18+/t36-,37+,43+/m1/s1. The molecule has 2 rings (SSSR count). The number of allylic oxidation sites excluding steroid dienone is 1. The van der Waals surface area contributed by atoms with Gasteiger partial charge in [0.15, 0.2) is 18.0 Å². The second kappa shape index (κ2) is 24.1. The van der Waals surface area contributed by atoms with Gasteiger partial charge in [-0.05, 0) is 64.2 Å². The molecule has 3 atom stereocenters. The molecule has 0 aliphatic carbocycles. The summed E-state index contributed by atoms with van der Waals surface area (Å²) in [5.41, 5.74) is -2.65. The summed E-state index contributed by atoms with van der Waals surface area (Å²) in [6.07, 6.45) is 12.9. The smallest absolute Gasteiger partial charge is 0.339 e. The highest BCUT2D eigenvalue weighted by Crippen LogP contribution is 2.29. The van der Waals surface area contributed by atoms with Crippen LogP contribution in [0.15, 0.2) is 66.7 Å². The summed E-state index contributed by atoms with van der Waals surface area (Å²) in [6.45, 7) is 5.75. The Balaban J connectivity index is 2.21. The van der Waals surface area contributed by atoms with Gasteiger partial charge in [0.25, 0.3) is 0 Å². The minimum atomic E-state index is -2.50. The first-order valence-electron chi connectivity index (χ1n) is 19.3. The Hall–Kier alpha value is -4.35. The Bertz CT molecular complexity index is 1480. The zero-order valence-corrected chi connectivity index (χ0v) is 32.5. The summed E-state index contributed by atoms with van der Waals surface area (Å²) in [6, 6.07) is 12.8. The predicted octanol–water partition coefficient (Wildman–Crippen LogP) is 6.74. The van der Waals surface area contributed by atoms with E-state index in [0.29, 0.717) is 36.2 Å². The van der Waals surface area contributed by atoms with E-state index in [1.807, 2.05) is 0 Å². The first-order chi connectivity index (χ1) is 25.7. The van der Waals surface area contributed by atoms with E-state index in [1.54, 1.807) is 69.3 Å². The molecule has 0 bridgehead atoms. The normalized spacial score (nSPS) is 13.8. The van der Waals surface area contributed by atoms with Crippen LogP contribution in [-0.4, -0.2) is 75.2 Å². The topological polar surface area (TPSA) is 177 Å². The lowest BCUT2D eigenvalue weighted by atomic mass is 9.82. The molecule has 0 aliphatic heterocycles. The third-order valence-electron chi connectivity index (χ3n) is 8.92. The van der Waals surface area contributed by atoms with Crippen LogP contribution in [0.1, 0.15) is 127 Å². The number of esters is 2. The van der Waals surface area contributed by atoms with Crippen molar-refractivity contribution in [1.82, 2.24) is 5.32 Å². The number of rotatable bonds is 26. The van der Waals surface area contributed by atoms with E-state index in [4.69, 9.17) is 9.47 Å². The van der Waals surface area contributed by atoms with E-state index in [2.05, 4.69) is 12.2 Å². The van der Waals surface area contributed by atoms with E-state index in [0.717, 1.165) is 38.5 Å². The van der Waals surface area contributed by atoms with Gasteiger partial charge in [-0.3, -0.25) is 14.4 Å². The quantitative estimate of drug-likeness (QED) is 0.0348. The number of hydrogen-bond acceptors (Lipinski definition) is 10. The Morgan fingerprint density at radius 3 is 2.04 bits per heavy atom. The maximum absolute atomic E-state index is 14.1. The Morgan fingerprint density at radius 2 is 1.44 bits per heavy atom. The number of phenolic OH excluding ortho intramolecular Hbond substituents is 1. The molecule has 0 fully saturated rings. The number of unbranched alkanes of at least 4 members (excludes halogenated alkanes) is 8. The molecule has 0 heterocycles. The lowest BCUT2D eigenvalue weighted by Gasteiger charge is -2.34. The van der Waals surface area contributed by atoms with Gasteiger partial charge in [-0.25, -0.2) is 9.59 Å². The van der Waals surface area contributed by atoms with Crippen molar-refractivity contribution in [3.05, 3.63) is 77.9 Å². The molecule has 0 aliphatic rings. The van der Waals surface area contributed by atoms with Gasteiger partial charge in [0.05, 0.1) is 5.92 Å². The number of aliphatic hydroxyl groups excluding tert-OH is 1. The van der Waals surface area contributed by atoms with Crippen LogP contribution in [-0.2, 0) is 35.1 Å². The third kappa shape index (κ3) is 17.2. The fourth-order valence-electron chi connectivity index (χ4n) is 5.87. The van der Waals surface area contributed by atoms with Crippen LogP contribution in [0.2, 0.25) is 0 Å². The van der Waals surface area contributed by atoms with Crippen molar-refractivity contribution >= 4 is 29.4 Å². The number of aliphatic hydroxyl groups is 2. The minimum Gasteiger partial charge on any atom is -0.508 e. The molecule has 0 saturated carbocycles. The van der Waals surface area contributed by atoms with E-state index >= 15 is 0 Å². The van der Waals surface area contributed by atoms with Crippen molar-refractivity contribution in [3.63, 3.8) is 0 Å². The van der Waals surface area contributed by atoms with Crippen LogP contribution in [0.3, 0.4) is 0 Å². The van der Waals surface area contributed by atoms with Crippen LogP contribution >= 0.6 is 0 Å². The van der Waals surface area contributed by atoms with Crippen LogP contribution in [0.5, 0.6) is 5.75 Å². The Kier molecular flexibility index (Phi) is 20.5. The zero-order valence-electron chi connectivity index (χ0n) is 32.5. The number of aromatic hydroxyl groups is 1. The molecule has 1 amide bonds. The Labute approximate surface area is 320 Å². The number of benzene rings is 2. The van der Waals surface area contributed by atoms with Crippen LogP contribution in [0.25, 0.3) is 0 Å². The molecule has 11 heteroatoms. The Morgan fingerprint density at radius 1 is 0.833 bits per heavy atom. The van der Waals surface area contributed by atoms with Crippen molar-refractivity contribution in [1.29, 1.82) is 0 Å². The number of hydrogen-bond donors (Lipinski definition) is 4. The van der Waals surface area contributed by atoms with Crippen LogP contribution in [0, 0.1) is 5.92 Å². The fraction of sp³-hybridized carbons (Fsp3) is 0.558. The summed E-state index contributed by atoms with van der Waals surface area (Å²) in [7, 11) is 0. The van der Waals surface area contributed by atoms with Gasteiger partial charge in [0, 0.05) is 37.9 Å². The number of nitrogens with one attached hydrogen (secondary N) is 1. The molecule has 0 radical (unpaired) electrons. The molecule has 2 aromatic rings. The summed E-state index contributed by atoms with van der Waals surface area (Å²) >= 11 is 0. The average Bonchev–Trinajstić information content (AvgIpc) is 3.13. The van der Waals surface area contributed by atoms with Crippen molar-refractivity contribution in [3.8, 4) is 5.75 Å². The molecular formula is C43H61NO10. The molecule has 298 valence electrons. The van der Waals surface area contributed by atoms with Gasteiger partial charge in [-0.2, -0.15) is 0 Å².